The summed E-state index contributed by atoms with van der Waals surface area (Å²) in [6, 6.07) is 9.92. The van der Waals surface area contributed by atoms with E-state index in [1.54, 1.807) is 26.0 Å². The van der Waals surface area contributed by atoms with Crippen LogP contribution in [-0.2, 0) is 23.9 Å². The molecule has 0 aliphatic rings. The van der Waals surface area contributed by atoms with Gasteiger partial charge in [-0.25, -0.2) is 13.6 Å². The van der Waals surface area contributed by atoms with Gasteiger partial charge in [-0.1, -0.05) is 24.3 Å². The molecular weight excluding hydrogens is 505 g/mol. The maximum atomic E-state index is 12.8. The molecule has 0 saturated heterocycles. The zero-order valence-electron chi connectivity index (χ0n) is 20.4. The van der Waals surface area contributed by atoms with Gasteiger partial charge in [0.05, 0.1) is 12.1 Å². The van der Waals surface area contributed by atoms with Crippen molar-refractivity contribution in [3.8, 4) is 0 Å². The third-order valence-electron chi connectivity index (χ3n) is 5.26. The van der Waals surface area contributed by atoms with Crippen LogP contribution in [0.4, 0.5) is 22.0 Å². The first-order valence-corrected chi connectivity index (χ1v) is 10.6. The number of benzene rings is 2. The Bertz CT molecular complexity index is 1090. The molecule has 0 aliphatic carbocycles. The van der Waals surface area contributed by atoms with E-state index in [0.29, 0.717) is 5.56 Å². The number of halogens is 5. The van der Waals surface area contributed by atoms with Gasteiger partial charge in [0.15, 0.2) is 6.61 Å². The van der Waals surface area contributed by atoms with Crippen LogP contribution in [0.15, 0.2) is 48.5 Å². The summed E-state index contributed by atoms with van der Waals surface area (Å²) in [5.41, 5.74) is 6.15. The van der Waals surface area contributed by atoms with Crippen molar-refractivity contribution in [2.45, 2.75) is 32.1 Å². The van der Waals surface area contributed by atoms with Gasteiger partial charge < -0.3 is 20.3 Å². The molecule has 8 nitrogen and oxygen atoms in total. The highest BCUT2D eigenvalue weighted by Crippen LogP contribution is 2.21. The molecule has 0 spiro atoms. The van der Waals surface area contributed by atoms with Gasteiger partial charge in [0.25, 0.3) is 0 Å². The highest BCUT2D eigenvalue weighted by molar-refractivity contribution is 6.34. The maximum Gasteiger partial charge on any atom is 0.422 e. The first-order chi connectivity index (χ1) is 17.0. The van der Waals surface area contributed by atoms with E-state index in [4.69, 9.17) is 5.73 Å². The van der Waals surface area contributed by atoms with Crippen LogP contribution in [0.2, 0.25) is 0 Å². The number of alkyl halides is 3. The summed E-state index contributed by atoms with van der Waals surface area (Å²) < 4.78 is 65.1. The molecule has 2 aromatic rings. The van der Waals surface area contributed by atoms with Crippen LogP contribution in [0.25, 0.3) is 0 Å². The van der Waals surface area contributed by atoms with Crippen molar-refractivity contribution in [3.63, 3.8) is 0 Å². The smallest absolute Gasteiger partial charge is 0.422 e. The minimum absolute atomic E-state index is 0.333. The van der Waals surface area contributed by atoms with E-state index >= 15 is 0 Å². The molecule has 0 heterocycles. The second kappa shape index (κ2) is 13.3. The van der Waals surface area contributed by atoms with E-state index in [0.717, 1.165) is 10.5 Å². The number of ether oxygens (including phenoxy) is 1. The fourth-order valence-electron chi connectivity index (χ4n) is 2.81. The summed E-state index contributed by atoms with van der Waals surface area (Å²) in [5, 5.41) is 0. The molecule has 0 aromatic heterocycles. The maximum absolute atomic E-state index is 12.8. The van der Waals surface area contributed by atoms with Gasteiger partial charge in [-0.15, -0.1) is 0 Å². The molecule has 2 N–H and O–H groups in total. The Balaban J connectivity index is 0.000000384. The van der Waals surface area contributed by atoms with Crippen LogP contribution >= 0.6 is 0 Å². The van der Waals surface area contributed by atoms with Crippen molar-refractivity contribution in [2.24, 2.45) is 5.73 Å². The molecule has 13 heteroatoms. The molecule has 202 valence electrons. The third kappa shape index (κ3) is 9.86. The van der Waals surface area contributed by atoms with Gasteiger partial charge >= 0.3 is 29.9 Å². The normalized spacial score (nSPS) is 12.4. The molecule has 0 unspecified atom stereocenters. The molecule has 2 aromatic carbocycles. The standard InChI is InChI=1S/C13H13F4NO3.C11H13FN2O2/c1-8(9-3-5-10(14)6-4-9)18(2)11(19)12(20)21-7-13(15,16)17;1-7(14(2)11(16)10(13)15)8-3-5-9(12)6-4-8/h3-6,8H,7H2,1-2H3;3-7H,1-2H3,(H2,13,15)/t8-;7-/m11/s1. The largest absolute Gasteiger partial charge is 0.449 e. The number of nitrogens with two attached hydrogens (primary N) is 1. The number of esters is 1. The molecule has 0 bridgehead atoms. The third-order valence-corrected chi connectivity index (χ3v) is 5.26. The topological polar surface area (TPSA) is 110 Å². The number of nitrogens with zero attached hydrogens (tertiary/aromatic N) is 2. The quantitative estimate of drug-likeness (QED) is 0.362. The Labute approximate surface area is 209 Å². The number of amides is 3. The number of primary amides is 1. The highest BCUT2D eigenvalue weighted by atomic mass is 19.4. The number of carbonyl (C=O) groups excluding carboxylic acids is 4. The van der Waals surface area contributed by atoms with E-state index in [-0.39, 0.29) is 11.9 Å². The monoisotopic (exact) mass is 531 g/mol. The van der Waals surface area contributed by atoms with Crippen molar-refractivity contribution in [2.75, 3.05) is 20.7 Å². The lowest BCUT2D eigenvalue weighted by atomic mass is 10.1. The second-order valence-corrected chi connectivity index (χ2v) is 7.84. The second-order valence-electron chi connectivity index (χ2n) is 7.84. The van der Waals surface area contributed by atoms with Gasteiger partial charge in [0, 0.05) is 14.1 Å². The fraction of sp³-hybridized carbons (Fsp3) is 0.333. The minimum atomic E-state index is -4.70. The summed E-state index contributed by atoms with van der Waals surface area (Å²) in [7, 11) is 2.71. The van der Waals surface area contributed by atoms with E-state index in [1.165, 1.54) is 55.4 Å². The first-order valence-electron chi connectivity index (χ1n) is 10.6. The lowest BCUT2D eigenvalue weighted by molar-refractivity contribution is -0.189. The fourth-order valence-corrected chi connectivity index (χ4v) is 2.81. The van der Waals surface area contributed by atoms with Gasteiger partial charge in [0.1, 0.15) is 11.6 Å². The number of carbonyl (C=O) groups is 4. The van der Waals surface area contributed by atoms with Crippen LogP contribution < -0.4 is 5.73 Å². The van der Waals surface area contributed by atoms with Crippen molar-refractivity contribution >= 4 is 23.7 Å². The molecule has 3 amide bonds. The molecule has 2 rings (SSSR count). The first kappa shape index (κ1) is 31.0. The summed E-state index contributed by atoms with van der Waals surface area (Å²) >= 11 is 0. The number of rotatable bonds is 5. The Morgan fingerprint density at radius 2 is 1.14 bits per heavy atom. The highest BCUT2D eigenvalue weighted by Gasteiger charge is 2.33. The Morgan fingerprint density at radius 1 is 0.784 bits per heavy atom. The summed E-state index contributed by atoms with van der Waals surface area (Å²) in [6.07, 6.45) is -4.70. The lowest BCUT2D eigenvalue weighted by Crippen LogP contribution is -2.39. The molecule has 0 radical (unpaired) electrons. The lowest BCUT2D eigenvalue weighted by Gasteiger charge is -2.24. The number of hydrogen-bond acceptors (Lipinski definition) is 5. The Kier molecular flexibility index (Phi) is 11.2. The summed E-state index contributed by atoms with van der Waals surface area (Å²) in [5.74, 6) is -5.39. The van der Waals surface area contributed by atoms with Crippen LogP contribution in [0.3, 0.4) is 0 Å². The van der Waals surface area contributed by atoms with E-state index in [2.05, 4.69) is 4.74 Å². The average molecular weight is 531 g/mol. The van der Waals surface area contributed by atoms with E-state index in [9.17, 15) is 41.1 Å². The van der Waals surface area contributed by atoms with Gasteiger partial charge in [-0.2, -0.15) is 13.2 Å². The molecule has 0 aliphatic heterocycles. The molecule has 0 saturated carbocycles. The molecule has 2 atom stereocenters. The van der Waals surface area contributed by atoms with Crippen molar-refractivity contribution < 1.29 is 45.9 Å². The molecule has 0 fully saturated rings. The van der Waals surface area contributed by atoms with Gasteiger partial charge in [0.2, 0.25) is 0 Å². The molecule has 37 heavy (non-hydrogen) atoms. The van der Waals surface area contributed by atoms with E-state index < -0.39 is 48.3 Å². The zero-order chi connectivity index (χ0) is 28.5. The minimum Gasteiger partial charge on any atom is -0.449 e. The van der Waals surface area contributed by atoms with Crippen molar-refractivity contribution in [1.29, 1.82) is 0 Å². The van der Waals surface area contributed by atoms with Crippen molar-refractivity contribution in [3.05, 3.63) is 71.3 Å². The predicted octanol–water partition coefficient (Wildman–Crippen LogP) is 3.28. The van der Waals surface area contributed by atoms with Crippen LogP contribution in [0.5, 0.6) is 0 Å². The summed E-state index contributed by atoms with van der Waals surface area (Å²) in [4.78, 5) is 47.0. The van der Waals surface area contributed by atoms with Crippen LogP contribution in [-0.4, -0.2) is 60.4 Å². The number of hydrogen-bond donors (Lipinski definition) is 1. The zero-order valence-corrected chi connectivity index (χ0v) is 20.4. The Morgan fingerprint density at radius 3 is 1.46 bits per heavy atom. The van der Waals surface area contributed by atoms with E-state index in [1.807, 2.05) is 0 Å². The molecular formula is C24H26F5N3O5. The SMILES string of the molecule is C[C@H](c1ccc(F)cc1)N(C)C(=O)C(=O)OCC(F)(F)F.C[C@H](c1ccc(F)cc1)N(C)C(=O)C(N)=O. The van der Waals surface area contributed by atoms with Crippen LogP contribution in [0, 0.1) is 11.6 Å². The van der Waals surface area contributed by atoms with Crippen LogP contribution in [0.1, 0.15) is 37.1 Å². The number of likely N-dealkylation sites (N-methyl/N-ethyl adjacent to an activating group) is 2. The predicted molar refractivity (Wildman–Crippen MR) is 121 cm³/mol. The average Bonchev–Trinajstić information content (AvgIpc) is 2.85. The van der Waals surface area contributed by atoms with Gasteiger partial charge in [-0.05, 0) is 49.2 Å². The van der Waals surface area contributed by atoms with Crippen molar-refractivity contribution in [1.82, 2.24) is 9.80 Å². The van der Waals surface area contributed by atoms with Gasteiger partial charge in [-0.3, -0.25) is 14.4 Å². The summed E-state index contributed by atoms with van der Waals surface area (Å²) in [6.45, 7) is 1.45. The Hall–Kier alpha value is -4.03.